The fraction of sp³-hybridized carbons (Fsp3) is 0.455. The van der Waals surface area contributed by atoms with Gasteiger partial charge in [-0.25, -0.2) is 0 Å². The second kappa shape index (κ2) is 7.21. The summed E-state index contributed by atoms with van der Waals surface area (Å²) in [5, 5.41) is 0. The molecule has 0 saturated heterocycles. The van der Waals surface area contributed by atoms with Gasteiger partial charge in [0.25, 0.3) is 0 Å². The van der Waals surface area contributed by atoms with Crippen LogP contribution in [-0.2, 0) is 0 Å². The Hall–Kier alpha value is -1.76. The van der Waals surface area contributed by atoms with E-state index in [1.165, 1.54) is 42.4 Å². The third-order valence-corrected chi connectivity index (χ3v) is 5.43. The summed E-state index contributed by atoms with van der Waals surface area (Å²) in [6, 6.07) is 17.7. The molecule has 0 aromatic heterocycles. The lowest BCUT2D eigenvalue weighted by Gasteiger charge is -2.18. The summed E-state index contributed by atoms with van der Waals surface area (Å²) in [7, 11) is 1.73. The molecule has 3 rings (SSSR count). The second-order valence-electron chi connectivity index (χ2n) is 7.20. The minimum atomic E-state index is 0.662. The highest BCUT2D eigenvalue weighted by molar-refractivity contribution is 5.30. The zero-order valence-corrected chi connectivity index (χ0v) is 14.6. The van der Waals surface area contributed by atoms with Gasteiger partial charge in [-0.05, 0) is 73.6 Å². The average Bonchev–Trinajstić information content (AvgIpc) is 3.03. The molecule has 23 heavy (non-hydrogen) atoms. The molecular formula is C22H28O. The zero-order chi connectivity index (χ0) is 16.2. The van der Waals surface area contributed by atoms with Gasteiger partial charge in [0.15, 0.2) is 0 Å². The first-order valence-electron chi connectivity index (χ1n) is 8.86. The quantitative estimate of drug-likeness (QED) is 0.650. The molecule has 1 fully saturated rings. The van der Waals surface area contributed by atoms with Gasteiger partial charge in [-0.2, -0.15) is 0 Å². The molecule has 1 aliphatic rings. The van der Waals surface area contributed by atoms with Crippen molar-refractivity contribution >= 4 is 0 Å². The fourth-order valence-corrected chi connectivity index (χ4v) is 4.08. The average molecular weight is 308 g/mol. The van der Waals surface area contributed by atoms with E-state index in [9.17, 15) is 0 Å². The molecule has 1 aliphatic carbocycles. The minimum absolute atomic E-state index is 0.662. The number of rotatable bonds is 5. The van der Waals surface area contributed by atoms with Crippen molar-refractivity contribution in [3.05, 3.63) is 65.2 Å². The number of hydrogen-bond acceptors (Lipinski definition) is 1. The first-order chi connectivity index (χ1) is 11.2. The highest BCUT2D eigenvalue weighted by Gasteiger charge is 2.27. The van der Waals surface area contributed by atoms with Gasteiger partial charge in [0.1, 0.15) is 5.75 Å². The maximum atomic E-state index is 5.26. The van der Waals surface area contributed by atoms with Crippen LogP contribution in [0.4, 0.5) is 0 Å². The van der Waals surface area contributed by atoms with Crippen LogP contribution in [0.25, 0.3) is 0 Å². The minimum Gasteiger partial charge on any atom is -0.497 e. The van der Waals surface area contributed by atoms with Crippen LogP contribution in [0.1, 0.15) is 61.1 Å². The van der Waals surface area contributed by atoms with Gasteiger partial charge in [0, 0.05) is 0 Å². The molecule has 0 heterocycles. The predicted octanol–water partition coefficient (Wildman–Crippen LogP) is 6.08. The number of benzene rings is 2. The monoisotopic (exact) mass is 308 g/mol. The lowest BCUT2D eigenvalue weighted by Crippen LogP contribution is -2.03. The molecule has 1 saturated carbocycles. The molecule has 2 aromatic carbocycles. The van der Waals surface area contributed by atoms with Crippen LogP contribution in [0, 0.1) is 12.8 Å². The van der Waals surface area contributed by atoms with E-state index < -0.39 is 0 Å². The number of aryl methyl sites for hydroxylation is 1. The van der Waals surface area contributed by atoms with Crippen molar-refractivity contribution in [3.8, 4) is 5.75 Å². The topological polar surface area (TPSA) is 9.23 Å². The van der Waals surface area contributed by atoms with Crippen LogP contribution >= 0.6 is 0 Å². The van der Waals surface area contributed by atoms with E-state index in [1.807, 2.05) is 0 Å². The van der Waals surface area contributed by atoms with E-state index in [0.29, 0.717) is 5.92 Å². The van der Waals surface area contributed by atoms with Crippen molar-refractivity contribution in [1.82, 2.24) is 0 Å². The standard InChI is InChI=1S/C22H28O/c1-16-5-4-6-20(13-16)17(2)14-18-7-8-21(15-18)19-9-11-22(23-3)12-10-19/h4-6,9-13,17-18,21H,7-8,14-15H2,1-3H3/t17-,18?,21+/m0/s1. The van der Waals surface area contributed by atoms with Gasteiger partial charge in [-0.3, -0.25) is 0 Å². The van der Waals surface area contributed by atoms with Crippen molar-refractivity contribution in [2.75, 3.05) is 7.11 Å². The van der Waals surface area contributed by atoms with Crippen molar-refractivity contribution in [3.63, 3.8) is 0 Å². The first kappa shape index (κ1) is 16.1. The molecule has 0 amide bonds. The lowest BCUT2D eigenvalue weighted by molar-refractivity contribution is 0.414. The van der Waals surface area contributed by atoms with Gasteiger partial charge in [0.2, 0.25) is 0 Å². The molecule has 0 N–H and O–H groups in total. The lowest BCUT2D eigenvalue weighted by atomic mass is 9.87. The van der Waals surface area contributed by atoms with Gasteiger partial charge >= 0.3 is 0 Å². The Balaban J connectivity index is 1.58. The van der Waals surface area contributed by atoms with Crippen LogP contribution < -0.4 is 4.74 Å². The van der Waals surface area contributed by atoms with Crippen LogP contribution in [-0.4, -0.2) is 7.11 Å². The summed E-state index contributed by atoms with van der Waals surface area (Å²) in [6.07, 6.45) is 5.35. The van der Waals surface area contributed by atoms with Gasteiger partial charge in [0.05, 0.1) is 7.11 Å². The SMILES string of the molecule is COc1ccc([C@@H]2CCC(C[C@H](C)c3cccc(C)c3)C2)cc1. The van der Waals surface area contributed by atoms with E-state index in [4.69, 9.17) is 4.74 Å². The Kier molecular flexibility index (Phi) is 5.05. The predicted molar refractivity (Wildman–Crippen MR) is 97.3 cm³/mol. The third kappa shape index (κ3) is 3.96. The van der Waals surface area contributed by atoms with Gasteiger partial charge in [-0.1, -0.05) is 48.9 Å². The van der Waals surface area contributed by atoms with Crippen LogP contribution in [0.15, 0.2) is 48.5 Å². The van der Waals surface area contributed by atoms with E-state index >= 15 is 0 Å². The second-order valence-corrected chi connectivity index (χ2v) is 7.20. The largest absolute Gasteiger partial charge is 0.497 e. The molecule has 0 radical (unpaired) electrons. The normalized spacial score (nSPS) is 22.0. The summed E-state index contributed by atoms with van der Waals surface area (Å²) >= 11 is 0. The van der Waals surface area contributed by atoms with E-state index in [1.54, 1.807) is 7.11 Å². The Bertz CT molecular complexity index is 629. The van der Waals surface area contributed by atoms with Crippen molar-refractivity contribution in [1.29, 1.82) is 0 Å². The molecule has 0 spiro atoms. The Morgan fingerprint density at radius 2 is 1.87 bits per heavy atom. The molecule has 3 atom stereocenters. The summed E-state index contributed by atoms with van der Waals surface area (Å²) < 4.78 is 5.26. The first-order valence-corrected chi connectivity index (χ1v) is 8.86. The molecule has 1 heteroatoms. The van der Waals surface area contributed by atoms with Crippen molar-refractivity contribution in [2.45, 2.75) is 51.4 Å². The number of hydrogen-bond donors (Lipinski definition) is 0. The van der Waals surface area contributed by atoms with E-state index in [-0.39, 0.29) is 0 Å². The van der Waals surface area contributed by atoms with Gasteiger partial charge in [-0.15, -0.1) is 0 Å². The Morgan fingerprint density at radius 1 is 1.09 bits per heavy atom. The highest BCUT2D eigenvalue weighted by Crippen LogP contribution is 2.42. The maximum Gasteiger partial charge on any atom is 0.118 e. The van der Waals surface area contributed by atoms with Crippen LogP contribution in [0.3, 0.4) is 0 Å². The maximum absolute atomic E-state index is 5.26. The highest BCUT2D eigenvalue weighted by atomic mass is 16.5. The third-order valence-electron chi connectivity index (χ3n) is 5.43. The van der Waals surface area contributed by atoms with Crippen molar-refractivity contribution in [2.24, 2.45) is 5.92 Å². The molecule has 0 bridgehead atoms. The van der Waals surface area contributed by atoms with E-state index in [0.717, 1.165) is 17.6 Å². The van der Waals surface area contributed by atoms with Crippen LogP contribution in [0.5, 0.6) is 5.75 Å². The summed E-state index contributed by atoms with van der Waals surface area (Å²) in [6.45, 7) is 4.57. The van der Waals surface area contributed by atoms with Gasteiger partial charge < -0.3 is 4.74 Å². The van der Waals surface area contributed by atoms with E-state index in [2.05, 4.69) is 62.4 Å². The van der Waals surface area contributed by atoms with Crippen LogP contribution in [0.2, 0.25) is 0 Å². The Labute approximate surface area is 140 Å². The molecule has 1 nitrogen and oxygen atoms in total. The fourth-order valence-electron chi connectivity index (χ4n) is 4.08. The molecule has 1 unspecified atom stereocenters. The Morgan fingerprint density at radius 3 is 2.57 bits per heavy atom. The smallest absolute Gasteiger partial charge is 0.118 e. The molecule has 2 aromatic rings. The number of ether oxygens (including phenoxy) is 1. The molecular weight excluding hydrogens is 280 g/mol. The summed E-state index contributed by atoms with van der Waals surface area (Å²) in [5.74, 6) is 3.21. The van der Waals surface area contributed by atoms with Crippen molar-refractivity contribution < 1.29 is 4.74 Å². The molecule has 0 aliphatic heterocycles. The molecule has 122 valence electrons. The zero-order valence-electron chi connectivity index (χ0n) is 14.6. The summed E-state index contributed by atoms with van der Waals surface area (Å²) in [5.41, 5.74) is 4.35. The number of methoxy groups -OCH3 is 1. The summed E-state index contributed by atoms with van der Waals surface area (Å²) in [4.78, 5) is 0.